The molecule has 0 saturated heterocycles. The van der Waals surface area contributed by atoms with E-state index in [0.717, 1.165) is 16.2 Å². The Balaban J connectivity index is 2.53. The fourth-order valence-corrected chi connectivity index (χ4v) is 1.90. The smallest absolute Gasteiger partial charge is 0.267 e. The molecule has 2 rings (SSSR count). The molecule has 0 unspecified atom stereocenters. The lowest BCUT2D eigenvalue weighted by Crippen LogP contribution is -1.94. The number of benzene rings is 1. The van der Waals surface area contributed by atoms with Crippen LogP contribution in [-0.2, 0) is 0 Å². The molecule has 60 valence electrons. The van der Waals surface area contributed by atoms with Crippen molar-refractivity contribution in [1.82, 2.24) is 0 Å². The van der Waals surface area contributed by atoms with Gasteiger partial charge in [-0.15, -0.1) is 11.8 Å². The number of aliphatic imine (C=N–C) groups is 1. The van der Waals surface area contributed by atoms with Gasteiger partial charge in [-0.05, 0) is 12.1 Å². The van der Waals surface area contributed by atoms with E-state index in [9.17, 15) is 4.79 Å². The van der Waals surface area contributed by atoms with Gasteiger partial charge in [-0.2, -0.15) is 0 Å². The largest absolute Gasteiger partial charge is 0.277 e. The third kappa shape index (κ3) is 1.28. The minimum absolute atomic E-state index is 0.129. The zero-order valence-electron chi connectivity index (χ0n) is 6.36. The summed E-state index contributed by atoms with van der Waals surface area (Å²) in [7, 11) is 0. The van der Waals surface area contributed by atoms with Crippen molar-refractivity contribution >= 4 is 23.9 Å². The Labute approximate surface area is 74.7 Å². The van der Waals surface area contributed by atoms with Gasteiger partial charge in [0.15, 0.2) is 0 Å². The predicted octanol–water partition coefficient (Wildman–Crippen LogP) is 2.00. The molecule has 1 heterocycles. The van der Waals surface area contributed by atoms with Crippen LogP contribution in [0.4, 0.5) is 0 Å². The number of amides is 1. The molecular weight excluding hydrogens is 170 g/mol. The molecule has 1 aliphatic heterocycles. The van der Waals surface area contributed by atoms with Crippen molar-refractivity contribution in [2.45, 2.75) is 4.90 Å². The molecule has 1 amide bonds. The van der Waals surface area contributed by atoms with Gasteiger partial charge in [0.2, 0.25) is 0 Å². The van der Waals surface area contributed by atoms with E-state index >= 15 is 0 Å². The molecule has 2 nitrogen and oxygen atoms in total. The van der Waals surface area contributed by atoms with Crippen molar-refractivity contribution in [3.05, 3.63) is 29.8 Å². The maximum atomic E-state index is 11.3. The molecule has 1 aromatic carbocycles. The number of carbonyl (C=O) groups is 1. The third-order valence-corrected chi connectivity index (χ3v) is 2.62. The second-order valence-corrected chi connectivity index (χ2v) is 3.49. The molecule has 1 aromatic rings. The maximum Gasteiger partial charge on any atom is 0.277 e. The summed E-state index contributed by atoms with van der Waals surface area (Å²) in [6, 6.07) is 7.56. The molecule has 12 heavy (non-hydrogen) atoms. The summed E-state index contributed by atoms with van der Waals surface area (Å²) in [6.45, 7) is 0. The molecule has 0 fully saturated rings. The Hall–Kier alpha value is -1.09. The first-order chi connectivity index (χ1) is 5.88. The number of carbonyl (C=O) groups excluding carboxylic acids is 1. The number of thioether (sulfide) groups is 1. The fraction of sp³-hybridized carbons (Fsp3) is 0.111. The Bertz CT molecular complexity index is 346. The van der Waals surface area contributed by atoms with Gasteiger partial charge in [-0.3, -0.25) is 4.79 Å². The van der Waals surface area contributed by atoms with Gasteiger partial charge in [-0.25, -0.2) is 4.99 Å². The van der Waals surface area contributed by atoms with E-state index in [4.69, 9.17) is 0 Å². The van der Waals surface area contributed by atoms with Crippen molar-refractivity contribution in [2.75, 3.05) is 5.75 Å². The van der Waals surface area contributed by atoms with E-state index in [2.05, 4.69) is 4.99 Å². The van der Waals surface area contributed by atoms with Crippen LogP contribution in [0.3, 0.4) is 0 Å². The lowest BCUT2D eigenvalue weighted by molar-refractivity contribution is 0.100. The molecule has 0 aliphatic carbocycles. The summed E-state index contributed by atoms with van der Waals surface area (Å²) in [5.41, 5.74) is 0.719. The Kier molecular flexibility index (Phi) is 1.96. The topological polar surface area (TPSA) is 29.4 Å². The Morgan fingerprint density at radius 3 is 3.08 bits per heavy atom. The maximum absolute atomic E-state index is 11.3. The third-order valence-electron chi connectivity index (χ3n) is 1.64. The van der Waals surface area contributed by atoms with E-state index < -0.39 is 0 Å². The highest BCUT2D eigenvalue weighted by atomic mass is 32.2. The molecule has 1 aliphatic rings. The number of rotatable bonds is 0. The molecule has 0 saturated carbocycles. The number of hydrogen-bond acceptors (Lipinski definition) is 2. The van der Waals surface area contributed by atoms with Crippen LogP contribution < -0.4 is 0 Å². The fourth-order valence-electron chi connectivity index (χ4n) is 1.09. The van der Waals surface area contributed by atoms with Crippen LogP contribution in [0, 0.1) is 0 Å². The summed E-state index contributed by atoms with van der Waals surface area (Å²) < 4.78 is 0. The first kappa shape index (κ1) is 7.55. The average molecular weight is 177 g/mol. The zero-order chi connectivity index (χ0) is 8.39. The quantitative estimate of drug-likeness (QED) is 0.606. The standard InChI is InChI=1S/C9H7NOS/c11-9-7-3-1-2-4-8(7)12-6-5-10-9/h1-5H,6H2. The van der Waals surface area contributed by atoms with Crippen LogP contribution in [0.25, 0.3) is 0 Å². The van der Waals surface area contributed by atoms with Gasteiger partial charge < -0.3 is 0 Å². The van der Waals surface area contributed by atoms with Gasteiger partial charge in [0.25, 0.3) is 5.91 Å². The van der Waals surface area contributed by atoms with Crippen molar-refractivity contribution < 1.29 is 4.79 Å². The SMILES string of the molecule is O=C1N=CCSc2ccccc21. The second-order valence-electron chi connectivity index (χ2n) is 2.42. The van der Waals surface area contributed by atoms with Gasteiger partial charge >= 0.3 is 0 Å². The van der Waals surface area contributed by atoms with Crippen molar-refractivity contribution in [2.24, 2.45) is 4.99 Å². The summed E-state index contributed by atoms with van der Waals surface area (Å²) in [4.78, 5) is 16.1. The van der Waals surface area contributed by atoms with Crippen LogP contribution in [0.2, 0.25) is 0 Å². The van der Waals surface area contributed by atoms with E-state index in [-0.39, 0.29) is 5.91 Å². The van der Waals surface area contributed by atoms with Gasteiger partial charge in [-0.1, -0.05) is 12.1 Å². The lowest BCUT2D eigenvalue weighted by atomic mass is 10.2. The molecule has 0 N–H and O–H groups in total. The summed E-state index contributed by atoms with van der Waals surface area (Å²) in [5.74, 6) is 0.651. The first-order valence-electron chi connectivity index (χ1n) is 3.66. The summed E-state index contributed by atoms with van der Waals surface area (Å²) >= 11 is 1.64. The minimum atomic E-state index is -0.129. The van der Waals surface area contributed by atoms with E-state index in [1.807, 2.05) is 24.3 Å². The Morgan fingerprint density at radius 1 is 1.33 bits per heavy atom. The monoisotopic (exact) mass is 177 g/mol. The molecule has 0 atom stereocenters. The molecule has 0 spiro atoms. The van der Waals surface area contributed by atoms with Crippen LogP contribution in [0.5, 0.6) is 0 Å². The lowest BCUT2D eigenvalue weighted by Gasteiger charge is -1.99. The van der Waals surface area contributed by atoms with Crippen molar-refractivity contribution in [1.29, 1.82) is 0 Å². The minimum Gasteiger partial charge on any atom is -0.267 e. The van der Waals surface area contributed by atoms with E-state index in [1.165, 1.54) is 0 Å². The summed E-state index contributed by atoms with van der Waals surface area (Å²) in [6.07, 6.45) is 1.66. The molecule has 0 aromatic heterocycles. The molecule has 3 heteroatoms. The second kappa shape index (κ2) is 3.11. The molecular formula is C9H7NOS. The molecule has 0 radical (unpaired) electrons. The predicted molar refractivity (Wildman–Crippen MR) is 50.0 cm³/mol. The van der Waals surface area contributed by atoms with Crippen LogP contribution in [0.15, 0.2) is 34.2 Å². The van der Waals surface area contributed by atoms with Gasteiger partial charge in [0, 0.05) is 16.9 Å². The van der Waals surface area contributed by atoms with Crippen LogP contribution in [0.1, 0.15) is 10.4 Å². The van der Waals surface area contributed by atoms with Crippen molar-refractivity contribution in [3.63, 3.8) is 0 Å². The highest BCUT2D eigenvalue weighted by Crippen LogP contribution is 2.24. The van der Waals surface area contributed by atoms with E-state index in [0.29, 0.717) is 0 Å². The number of nitrogens with zero attached hydrogens (tertiary/aromatic N) is 1. The Morgan fingerprint density at radius 2 is 2.17 bits per heavy atom. The summed E-state index contributed by atoms with van der Waals surface area (Å²) in [5, 5.41) is 0. The zero-order valence-corrected chi connectivity index (χ0v) is 7.17. The highest BCUT2D eigenvalue weighted by Gasteiger charge is 2.11. The average Bonchev–Trinajstić information content (AvgIpc) is 2.29. The van der Waals surface area contributed by atoms with Gasteiger partial charge in [0.05, 0.1) is 5.56 Å². The van der Waals surface area contributed by atoms with Crippen molar-refractivity contribution in [3.8, 4) is 0 Å². The number of hydrogen-bond donors (Lipinski definition) is 0. The van der Waals surface area contributed by atoms with Gasteiger partial charge in [0.1, 0.15) is 0 Å². The highest BCUT2D eigenvalue weighted by molar-refractivity contribution is 8.00. The van der Waals surface area contributed by atoms with E-state index in [1.54, 1.807) is 18.0 Å². The van der Waals surface area contributed by atoms with Crippen LogP contribution in [-0.4, -0.2) is 17.9 Å². The molecule has 0 bridgehead atoms. The first-order valence-corrected chi connectivity index (χ1v) is 4.65. The van der Waals surface area contributed by atoms with Crippen LogP contribution >= 0.6 is 11.8 Å². The number of fused-ring (bicyclic) bond motifs is 1. The normalized spacial score (nSPS) is 15.5.